The Morgan fingerprint density at radius 2 is 1.39 bits per heavy atom. The van der Waals surface area contributed by atoms with E-state index in [-0.39, 0.29) is 47.6 Å². The van der Waals surface area contributed by atoms with Gasteiger partial charge in [0.25, 0.3) is 11.8 Å². The minimum atomic E-state index is -0.998. The predicted octanol–water partition coefficient (Wildman–Crippen LogP) is 6.22. The third-order valence-electron chi connectivity index (χ3n) is 13.0. The molecular formula is C47H46ClN5O6. The Hall–Kier alpha value is -5.78. The number of piperidine rings is 2. The Labute approximate surface area is 348 Å². The van der Waals surface area contributed by atoms with Crippen LogP contribution < -0.4 is 10.2 Å². The highest BCUT2D eigenvalue weighted by Gasteiger charge is 2.46. The molecule has 4 aromatic carbocycles. The summed E-state index contributed by atoms with van der Waals surface area (Å²) in [4.78, 5) is 71.9. The van der Waals surface area contributed by atoms with Crippen LogP contribution in [0.5, 0.6) is 5.75 Å². The van der Waals surface area contributed by atoms with E-state index in [9.17, 15) is 29.1 Å². The maximum atomic E-state index is 13.6. The number of nitrogens with zero attached hydrogens (tertiary/aromatic N) is 4. The fourth-order valence-corrected chi connectivity index (χ4v) is 9.95. The Kier molecular flexibility index (Phi) is 10.3. The van der Waals surface area contributed by atoms with Crippen LogP contribution in [0.4, 0.5) is 5.69 Å². The van der Waals surface area contributed by atoms with E-state index in [1.807, 2.05) is 35.2 Å². The van der Waals surface area contributed by atoms with Crippen molar-refractivity contribution in [3.8, 4) is 5.75 Å². The highest BCUT2D eigenvalue weighted by molar-refractivity contribution is 6.23. The van der Waals surface area contributed by atoms with E-state index in [0.717, 1.165) is 76.2 Å². The lowest BCUT2D eigenvalue weighted by atomic mass is 9.77. The van der Waals surface area contributed by atoms with Crippen molar-refractivity contribution in [1.29, 1.82) is 0 Å². The molecule has 0 aromatic heterocycles. The van der Waals surface area contributed by atoms with Crippen LogP contribution in [0.3, 0.4) is 0 Å². The summed E-state index contributed by atoms with van der Waals surface area (Å²) >= 11 is 6.37. The van der Waals surface area contributed by atoms with E-state index in [0.29, 0.717) is 38.5 Å². The van der Waals surface area contributed by atoms with E-state index in [2.05, 4.69) is 51.5 Å². The van der Waals surface area contributed by atoms with Crippen molar-refractivity contribution in [2.75, 3.05) is 43.5 Å². The number of allylic oxidation sites excluding steroid dienone is 1. The van der Waals surface area contributed by atoms with Crippen molar-refractivity contribution in [3.05, 3.63) is 130 Å². The number of imide groups is 2. The van der Waals surface area contributed by atoms with Gasteiger partial charge in [0.1, 0.15) is 11.8 Å². The van der Waals surface area contributed by atoms with Gasteiger partial charge in [-0.05, 0) is 113 Å². The SMILES string of the molecule is O=C1CCC(N2C(=O)c3cc4c(cc3C2=O)CN(CC(=O)N2CCC3(CC2)CCN(c2ccc(/C(=C(/CCCl)c5ccccc5)c5ccc(O)cc5)cc2)C3)C4)C(=O)N1. The number of benzene rings is 4. The summed E-state index contributed by atoms with van der Waals surface area (Å²) in [5, 5.41) is 12.3. The number of hydrogen-bond donors (Lipinski definition) is 2. The number of likely N-dealkylation sites (tertiary alicyclic amines) is 1. The molecule has 0 saturated carbocycles. The molecule has 0 radical (unpaired) electrons. The van der Waals surface area contributed by atoms with Gasteiger partial charge in [0, 0.05) is 57.3 Å². The molecule has 3 saturated heterocycles. The third-order valence-corrected chi connectivity index (χ3v) is 13.2. The second-order valence-electron chi connectivity index (χ2n) is 16.6. The van der Waals surface area contributed by atoms with Gasteiger partial charge in [0.15, 0.2) is 0 Å². The number of rotatable bonds is 9. The number of carbonyl (C=O) groups excluding carboxylic acids is 5. The van der Waals surface area contributed by atoms with Crippen LogP contribution in [-0.4, -0.2) is 94.0 Å². The van der Waals surface area contributed by atoms with E-state index in [4.69, 9.17) is 11.6 Å². The summed E-state index contributed by atoms with van der Waals surface area (Å²) in [6.07, 6.45) is 3.86. The number of alkyl halides is 1. The molecule has 5 aliphatic rings. The first kappa shape index (κ1) is 38.7. The summed E-state index contributed by atoms with van der Waals surface area (Å²) in [5.41, 5.74) is 9.16. The molecule has 0 aliphatic carbocycles. The van der Waals surface area contributed by atoms with Gasteiger partial charge in [0.2, 0.25) is 17.7 Å². The number of fused-ring (bicyclic) bond motifs is 2. The van der Waals surface area contributed by atoms with Crippen molar-refractivity contribution >= 4 is 58.0 Å². The molecule has 2 N–H and O–H groups in total. The van der Waals surface area contributed by atoms with Gasteiger partial charge in [0.05, 0.1) is 17.7 Å². The zero-order valence-corrected chi connectivity index (χ0v) is 33.5. The summed E-state index contributed by atoms with van der Waals surface area (Å²) in [6, 6.07) is 29.0. The number of halogens is 1. The molecule has 1 unspecified atom stereocenters. The quantitative estimate of drug-likeness (QED) is 0.116. The van der Waals surface area contributed by atoms with Crippen molar-refractivity contribution in [3.63, 3.8) is 0 Å². The molecule has 1 spiro atoms. The molecule has 5 amide bonds. The standard InChI is InChI=1S/C47H46ClN5O6/c48-20-16-37(30-4-2-1-3-5-30)43(32-8-12-36(54)13-9-32)31-6-10-35(11-7-31)52-23-19-47(29-52)17-21-51(22-18-47)42(56)28-50-26-33-24-38-39(25-34(33)27-50)46(59)53(45(38)58)40-14-15-41(55)49-44(40)57/h1-13,24-25,40,54H,14-23,26-29H2,(H,49,55,57)/b43-37+. The molecule has 302 valence electrons. The monoisotopic (exact) mass is 811 g/mol. The number of phenols is 1. The van der Waals surface area contributed by atoms with Crippen molar-refractivity contribution in [1.82, 2.24) is 20.0 Å². The minimum absolute atomic E-state index is 0.0741. The topological polar surface area (TPSA) is 131 Å². The zero-order chi connectivity index (χ0) is 40.8. The molecule has 4 aromatic rings. The number of amides is 5. The number of aromatic hydroxyl groups is 1. The number of hydrogen-bond acceptors (Lipinski definition) is 8. The second-order valence-corrected chi connectivity index (χ2v) is 16.9. The second kappa shape index (κ2) is 15.8. The fourth-order valence-electron chi connectivity index (χ4n) is 9.77. The molecule has 59 heavy (non-hydrogen) atoms. The lowest BCUT2D eigenvalue weighted by Crippen LogP contribution is -2.54. The average Bonchev–Trinajstić information content (AvgIpc) is 3.91. The molecule has 12 heteroatoms. The lowest BCUT2D eigenvalue weighted by molar-refractivity contribution is -0.136. The number of anilines is 1. The molecule has 5 heterocycles. The maximum Gasteiger partial charge on any atom is 0.262 e. The van der Waals surface area contributed by atoms with Gasteiger partial charge < -0.3 is 14.9 Å². The highest BCUT2D eigenvalue weighted by atomic mass is 35.5. The number of nitrogens with one attached hydrogen (secondary N) is 1. The Morgan fingerprint density at radius 3 is 2.00 bits per heavy atom. The van der Waals surface area contributed by atoms with E-state index >= 15 is 0 Å². The van der Waals surface area contributed by atoms with Crippen LogP contribution in [0.25, 0.3) is 11.1 Å². The van der Waals surface area contributed by atoms with Crippen molar-refractivity contribution in [2.24, 2.45) is 5.41 Å². The smallest absolute Gasteiger partial charge is 0.262 e. The van der Waals surface area contributed by atoms with Gasteiger partial charge >= 0.3 is 0 Å². The summed E-state index contributed by atoms with van der Waals surface area (Å²) in [5.74, 6) is -1.27. The fraction of sp³-hybridized carbons (Fsp3) is 0.340. The summed E-state index contributed by atoms with van der Waals surface area (Å²) in [6.45, 7) is 4.57. The van der Waals surface area contributed by atoms with Gasteiger partial charge in [-0.25, -0.2) is 0 Å². The van der Waals surface area contributed by atoms with Gasteiger partial charge in [-0.2, -0.15) is 0 Å². The molecule has 0 bridgehead atoms. The largest absolute Gasteiger partial charge is 0.508 e. The first-order valence-electron chi connectivity index (χ1n) is 20.5. The number of phenolic OH excluding ortho intramolecular Hbond substituents is 1. The maximum absolute atomic E-state index is 13.6. The first-order valence-corrected chi connectivity index (χ1v) is 21.0. The first-order chi connectivity index (χ1) is 28.6. The van der Waals surface area contributed by atoms with Crippen LogP contribution in [0, 0.1) is 5.41 Å². The number of carbonyl (C=O) groups is 5. The van der Waals surface area contributed by atoms with Crippen molar-refractivity contribution in [2.45, 2.75) is 57.7 Å². The molecule has 5 aliphatic heterocycles. The van der Waals surface area contributed by atoms with Crippen LogP contribution in [0.2, 0.25) is 0 Å². The average molecular weight is 812 g/mol. The van der Waals surface area contributed by atoms with Gasteiger partial charge in [-0.1, -0.05) is 54.6 Å². The Balaban J connectivity index is 0.818. The van der Waals surface area contributed by atoms with Crippen LogP contribution >= 0.6 is 11.6 Å². The van der Waals surface area contributed by atoms with Crippen LogP contribution in [-0.2, 0) is 27.5 Å². The lowest BCUT2D eigenvalue weighted by Gasteiger charge is -2.40. The molecule has 9 rings (SSSR count). The van der Waals surface area contributed by atoms with E-state index in [1.165, 1.54) is 5.69 Å². The Bertz CT molecular complexity index is 2330. The van der Waals surface area contributed by atoms with E-state index < -0.39 is 29.7 Å². The Morgan fingerprint density at radius 1 is 0.780 bits per heavy atom. The summed E-state index contributed by atoms with van der Waals surface area (Å²) in [7, 11) is 0. The van der Waals surface area contributed by atoms with Gasteiger partial charge in [-0.15, -0.1) is 11.6 Å². The molecule has 1 atom stereocenters. The third kappa shape index (κ3) is 7.42. The van der Waals surface area contributed by atoms with Crippen molar-refractivity contribution < 1.29 is 29.1 Å². The molecule has 11 nitrogen and oxygen atoms in total. The van der Waals surface area contributed by atoms with Crippen LogP contribution in [0.15, 0.2) is 91.0 Å². The zero-order valence-electron chi connectivity index (χ0n) is 32.8. The summed E-state index contributed by atoms with van der Waals surface area (Å²) < 4.78 is 0. The van der Waals surface area contributed by atoms with Gasteiger partial charge in [-0.3, -0.25) is 39.1 Å². The molecule has 3 fully saturated rings. The highest BCUT2D eigenvalue weighted by Crippen LogP contribution is 2.43. The predicted molar refractivity (Wildman–Crippen MR) is 225 cm³/mol. The van der Waals surface area contributed by atoms with E-state index in [1.54, 1.807) is 24.3 Å². The molecular weight excluding hydrogens is 766 g/mol. The minimum Gasteiger partial charge on any atom is -0.508 e. The normalized spacial score (nSPS) is 20.6. The van der Waals surface area contributed by atoms with Crippen LogP contribution in [0.1, 0.15) is 87.1 Å².